The van der Waals surface area contributed by atoms with Crippen LogP contribution in [0.25, 0.3) is 0 Å². The first-order valence-electron chi connectivity index (χ1n) is 5.69. The minimum Gasteiger partial charge on any atom is -0.506 e. The minimum atomic E-state index is -0.176. The number of aryl methyl sites for hydroxylation is 1. The Balaban J connectivity index is 2.15. The largest absolute Gasteiger partial charge is 0.506 e. The highest BCUT2D eigenvalue weighted by Crippen LogP contribution is 2.24. The number of halogens is 1. The van der Waals surface area contributed by atoms with E-state index < -0.39 is 0 Å². The SMILES string of the molecule is CN(Cc1nccn1C)C(=O)c1ccc(O)c(Cl)c1. The second kappa shape index (κ2) is 5.32. The molecule has 0 bridgehead atoms. The third kappa shape index (κ3) is 2.88. The van der Waals surface area contributed by atoms with Gasteiger partial charge >= 0.3 is 0 Å². The van der Waals surface area contributed by atoms with E-state index in [0.717, 1.165) is 5.82 Å². The lowest BCUT2D eigenvalue weighted by Gasteiger charge is -2.17. The predicted octanol–water partition coefficient (Wildman–Crippen LogP) is 2.05. The Labute approximate surface area is 116 Å². The van der Waals surface area contributed by atoms with Crippen molar-refractivity contribution in [3.05, 3.63) is 47.0 Å². The number of carbonyl (C=O) groups excluding carboxylic acids is 1. The second-order valence-electron chi connectivity index (χ2n) is 4.28. The van der Waals surface area contributed by atoms with Gasteiger partial charge in [-0.1, -0.05) is 11.6 Å². The van der Waals surface area contributed by atoms with Crippen LogP contribution in [-0.2, 0) is 13.6 Å². The van der Waals surface area contributed by atoms with Crippen molar-refractivity contribution >= 4 is 17.5 Å². The van der Waals surface area contributed by atoms with Gasteiger partial charge in [0.25, 0.3) is 5.91 Å². The van der Waals surface area contributed by atoms with E-state index in [4.69, 9.17) is 11.6 Å². The average Bonchev–Trinajstić information content (AvgIpc) is 2.77. The van der Waals surface area contributed by atoms with Crippen LogP contribution in [0.5, 0.6) is 5.75 Å². The van der Waals surface area contributed by atoms with Gasteiger partial charge < -0.3 is 14.6 Å². The van der Waals surface area contributed by atoms with E-state index in [2.05, 4.69) is 4.98 Å². The molecule has 2 aromatic rings. The molecule has 1 amide bonds. The lowest BCUT2D eigenvalue weighted by Crippen LogP contribution is -2.27. The Morgan fingerprint density at radius 3 is 2.84 bits per heavy atom. The van der Waals surface area contributed by atoms with Gasteiger partial charge in [0.05, 0.1) is 11.6 Å². The van der Waals surface area contributed by atoms with Crippen molar-refractivity contribution in [2.45, 2.75) is 6.54 Å². The van der Waals surface area contributed by atoms with Gasteiger partial charge in [-0.05, 0) is 18.2 Å². The summed E-state index contributed by atoms with van der Waals surface area (Å²) in [5.41, 5.74) is 0.430. The van der Waals surface area contributed by atoms with Crippen LogP contribution >= 0.6 is 11.6 Å². The molecule has 2 rings (SSSR count). The Morgan fingerprint density at radius 2 is 2.26 bits per heavy atom. The number of benzene rings is 1. The van der Waals surface area contributed by atoms with Crippen LogP contribution in [0.3, 0.4) is 0 Å². The summed E-state index contributed by atoms with van der Waals surface area (Å²) in [5, 5.41) is 9.50. The van der Waals surface area contributed by atoms with Gasteiger partial charge in [0, 0.05) is 32.1 Å². The summed E-state index contributed by atoms with van der Waals surface area (Å²) in [5.74, 6) is 0.579. The Bertz CT molecular complexity index is 610. The number of hydrogen-bond donors (Lipinski definition) is 1. The van der Waals surface area contributed by atoms with Crippen molar-refractivity contribution in [2.75, 3.05) is 7.05 Å². The zero-order valence-electron chi connectivity index (χ0n) is 10.7. The van der Waals surface area contributed by atoms with Crippen LogP contribution in [0.4, 0.5) is 0 Å². The molecule has 1 aromatic heterocycles. The molecular weight excluding hydrogens is 266 g/mol. The maximum atomic E-state index is 12.2. The molecule has 1 heterocycles. The van der Waals surface area contributed by atoms with Crippen LogP contribution in [0.1, 0.15) is 16.2 Å². The van der Waals surface area contributed by atoms with Gasteiger partial charge in [0.1, 0.15) is 11.6 Å². The second-order valence-corrected chi connectivity index (χ2v) is 4.69. The van der Waals surface area contributed by atoms with Gasteiger partial charge in [0.15, 0.2) is 0 Å². The molecule has 19 heavy (non-hydrogen) atoms. The van der Waals surface area contributed by atoms with Gasteiger partial charge in [0.2, 0.25) is 0 Å². The molecule has 0 unspecified atom stereocenters. The molecule has 5 nitrogen and oxygen atoms in total. The molecular formula is C13H14ClN3O2. The maximum Gasteiger partial charge on any atom is 0.254 e. The smallest absolute Gasteiger partial charge is 0.254 e. The Morgan fingerprint density at radius 1 is 1.53 bits per heavy atom. The molecule has 0 radical (unpaired) electrons. The van der Waals surface area contributed by atoms with Gasteiger partial charge in [-0.25, -0.2) is 4.98 Å². The molecule has 0 fully saturated rings. The molecule has 0 saturated heterocycles. The summed E-state index contributed by atoms with van der Waals surface area (Å²) < 4.78 is 1.85. The highest BCUT2D eigenvalue weighted by molar-refractivity contribution is 6.32. The quantitative estimate of drug-likeness (QED) is 0.935. The summed E-state index contributed by atoms with van der Waals surface area (Å²) in [6.07, 6.45) is 3.51. The summed E-state index contributed by atoms with van der Waals surface area (Å²) in [4.78, 5) is 17.9. The fourth-order valence-corrected chi connectivity index (χ4v) is 1.87. The monoisotopic (exact) mass is 279 g/mol. The van der Waals surface area contributed by atoms with Crippen LogP contribution < -0.4 is 0 Å². The molecule has 0 saturated carbocycles. The predicted molar refractivity (Wildman–Crippen MR) is 72.1 cm³/mol. The summed E-state index contributed by atoms with van der Waals surface area (Å²) in [6.45, 7) is 0.404. The van der Waals surface area contributed by atoms with E-state index in [1.165, 1.54) is 12.1 Å². The number of imidazole rings is 1. The van der Waals surface area contributed by atoms with Crippen molar-refractivity contribution < 1.29 is 9.90 Å². The van der Waals surface area contributed by atoms with E-state index in [1.807, 2.05) is 17.8 Å². The molecule has 1 N–H and O–H groups in total. The lowest BCUT2D eigenvalue weighted by molar-refractivity contribution is 0.0780. The number of phenolic OH excluding ortho intramolecular Hbond substituents is 1. The molecule has 0 aliphatic rings. The normalized spacial score (nSPS) is 10.5. The van der Waals surface area contributed by atoms with Crippen molar-refractivity contribution in [3.8, 4) is 5.75 Å². The summed E-state index contributed by atoms with van der Waals surface area (Å²) in [7, 11) is 3.57. The molecule has 0 aliphatic heterocycles. The van der Waals surface area contributed by atoms with Crippen LogP contribution in [0.15, 0.2) is 30.6 Å². The molecule has 6 heteroatoms. The first kappa shape index (κ1) is 13.4. The van der Waals surface area contributed by atoms with Gasteiger partial charge in [-0.15, -0.1) is 0 Å². The van der Waals surface area contributed by atoms with E-state index in [-0.39, 0.29) is 16.7 Å². The Hall–Kier alpha value is -2.01. The zero-order chi connectivity index (χ0) is 14.0. The number of amides is 1. The van der Waals surface area contributed by atoms with Crippen LogP contribution in [-0.4, -0.2) is 32.5 Å². The number of carbonyl (C=O) groups is 1. The highest BCUT2D eigenvalue weighted by Gasteiger charge is 2.15. The highest BCUT2D eigenvalue weighted by atomic mass is 35.5. The fourth-order valence-electron chi connectivity index (χ4n) is 1.69. The molecule has 0 spiro atoms. The van der Waals surface area contributed by atoms with Gasteiger partial charge in [-0.2, -0.15) is 0 Å². The number of aromatic nitrogens is 2. The zero-order valence-corrected chi connectivity index (χ0v) is 11.4. The number of hydrogen-bond acceptors (Lipinski definition) is 3. The fraction of sp³-hybridized carbons (Fsp3) is 0.231. The van der Waals surface area contributed by atoms with E-state index >= 15 is 0 Å². The van der Waals surface area contributed by atoms with E-state index in [9.17, 15) is 9.90 Å². The van der Waals surface area contributed by atoms with Gasteiger partial charge in [-0.3, -0.25) is 4.79 Å². The molecule has 0 atom stereocenters. The average molecular weight is 280 g/mol. The molecule has 0 aliphatic carbocycles. The van der Waals surface area contributed by atoms with E-state index in [1.54, 1.807) is 24.2 Å². The first-order valence-corrected chi connectivity index (χ1v) is 6.07. The van der Waals surface area contributed by atoms with Crippen molar-refractivity contribution in [2.24, 2.45) is 7.05 Å². The van der Waals surface area contributed by atoms with E-state index in [0.29, 0.717) is 12.1 Å². The lowest BCUT2D eigenvalue weighted by atomic mass is 10.2. The minimum absolute atomic E-state index is 0.0371. The standard InChI is InChI=1S/C13H14ClN3O2/c1-16-6-5-15-12(16)8-17(2)13(19)9-3-4-11(18)10(14)7-9/h3-7,18H,8H2,1-2H3. The Kier molecular flexibility index (Phi) is 3.76. The third-order valence-electron chi connectivity index (χ3n) is 2.84. The number of phenols is 1. The van der Waals surface area contributed by atoms with Crippen molar-refractivity contribution in [1.29, 1.82) is 0 Å². The van der Waals surface area contributed by atoms with Crippen molar-refractivity contribution in [1.82, 2.24) is 14.5 Å². The van der Waals surface area contributed by atoms with Crippen LogP contribution in [0.2, 0.25) is 5.02 Å². The number of rotatable bonds is 3. The molecule has 1 aromatic carbocycles. The summed E-state index contributed by atoms with van der Waals surface area (Å²) >= 11 is 5.79. The first-order chi connectivity index (χ1) is 8.99. The third-order valence-corrected chi connectivity index (χ3v) is 3.14. The maximum absolute atomic E-state index is 12.2. The molecule has 100 valence electrons. The number of aromatic hydroxyl groups is 1. The van der Waals surface area contributed by atoms with Crippen LogP contribution in [0, 0.1) is 0 Å². The number of nitrogens with zero attached hydrogens (tertiary/aromatic N) is 3. The summed E-state index contributed by atoms with van der Waals surface area (Å²) in [6, 6.07) is 4.40. The van der Waals surface area contributed by atoms with Crippen molar-refractivity contribution in [3.63, 3.8) is 0 Å². The topological polar surface area (TPSA) is 58.4 Å².